The van der Waals surface area contributed by atoms with Crippen LogP contribution in [0.3, 0.4) is 0 Å². The number of fused-ring (bicyclic) bond motifs is 1. The highest BCUT2D eigenvalue weighted by atomic mass is 16.5. The number of hydrogen-bond acceptors (Lipinski definition) is 5. The molecule has 0 bridgehead atoms. The molecule has 4 amide bonds. The van der Waals surface area contributed by atoms with E-state index in [2.05, 4.69) is 10.2 Å². The third-order valence-corrected chi connectivity index (χ3v) is 7.07. The van der Waals surface area contributed by atoms with E-state index < -0.39 is 17.5 Å². The van der Waals surface area contributed by atoms with Gasteiger partial charge in [-0.3, -0.25) is 14.5 Å². The molecule has 1 atom stereocenters. The Morgan fingerprint density at radius 2 is 1.69 bits per heavy atom. The molecule has 1 N–H and O–H groups in total. The van der Waals surface area contributed by atoms with E-state index in [-0.39, 0.29) is 12.5 Å². The van der Waals surface area contributed by atoms with Crippen molar-refractivity contribution >= 4 is 34.3 Å². The Balaban J connectivity index is 1.30. The number of nitrogens with zero attached hydrogens (tertiary/aromatic N) is 3. The standard InChI is InChI=1S/C28H30N4O4/c1-28(23-12-11-20-7-3-4-8-21(20)17-23)26(34)32(27(35)29-28)19-25(33)30(2)18-22-9-5-6-10-24(22)31-13-15-36-16-14-31/h3-12,17H,13-16,18-19H2,1-2H3,(H,29,35)/t28-/m1/s1. The van der Waals surface area contributed by atoms with Gasteiger partial charge in [-0.05, 0) is 41.0 Å². The van der Waals surface area contributed by atoms with Crippen molar-refractivity contribution in [2.24, 2.45) is 0 Å². The Kier molecular flexibility index (Phi) is 6.36. The molecule has 0 saturated carbocycles. The predicted molar refractivity (Wildman–Crippen MR) is 137 cm³/mol. The van der Waals surface area contributed by atoms with Crippen LogP contribution >= 0.6 is 0 Å². The summed E-state index contributed by atoms with van der Waals surface area (Å²) in [5.74, 6) is -0.740. The van der Waals surface area contributed by atoms with Gasteiger partial charge in [0.25, 0.3) is 5.91 Å². The van der Waals surface area contributed by atoms with Gasteiger partial charge in [0.1, 0.15) is 12.1 Å². The minimum Gasteiger partial charge on any atom is -0.378 e. The number of anilines is 1. The first-order valence-corrected chi connectivity index (χ1v) is 12.1. The van der Waals surface area contributed by atoms with Gasteiger partial charge < -0.3 is 19.9 Å². The van der Waals surface area contributed by atoms with Crippen LogP contribution in [0.15, 0.2) is 66.7 Å². The van der Waals surface area contributed by atoms with Crippen LogP contribution < -0.4 is 10.2 Å². The number of nitrogens with one attached hydrogen (secondary N) is 1. The number of morpholine rings is 1. The lowest BCUT2D eigenvalue weighted by Crippen LogP contribution is -2.43. The highest BCUT2D eigenvalue weighted by Crippen LogP contribution is 2.31. The van der Waals surface area contributed by atoms with E-state index in [1.807, 2.05) is 66.7 Å². The predicted octanol–water partition coefficient (Wildman–Crippen LogP) is 3.10. The summed E-state index contributed by atoms with van der Waals surface area (Å²) >= 11 is 0. The van der Waals surface area contributed by atoms with Crippen molar-refractivity contribution in [2.45, 2.75) is 19.0 Å². The zero-order valence-corrected chi connectivity index (χ0v) is 20.6. The monoisotopic (exact) mass is 486 g/mol. The highest BCUT2D eigenvalue weighted by Gasteiger charge is 2.49. The topological polar surface area (TPSA) is 82.2 Å². The molecule has 0 unspecified atom stereocenters. The number of amides is 4. The Labute approximate surface area is 210 Å². The van der Waals surface area contributed by atoms with Crippen molar-refractivity contribution in [3.8, 4) is 0 Å². The molecule has 2 fully saturated rings. The quantitative estimate of drug-likeness (QED) is 0.542. The van der Waals surface area contributed by atoms with E-state index in [1.54, 1.807) is 18.9 Å². The van der Waals surface area contributed by atoms with Gasteiger partial charge in [0.15, 0.2) is 0 Å². The van der Waals surface area contributed by atoms with Gasteiger partial charge in [-0.25, -0.2) is 4.79 Å². The normalized spacial score (nSPS) is 20.1. The maximum absolute atomic E-state index is 13.4. The van der Waals surface area contributed by atoms with Crippen molar-refractivity contribution in [1.29, 1.82) is 0 Å². The number of imide groups is 1. The summed E-state index contributed by atoms with van der Waals surface area (Å²) in [6.07, 6.45) is 0. The van der Waals surface area contributed by atoms with Crippen molar-refractivity contribution < 1.29 is 19.1 Å². The summed E-state index contributed by atoms with van der Waals surface area (Å²) in [4.78, 5) is 44.2. The Morgan fingerprint density at radius 3 is 2.47 bits per heavy atom. The Bertz CT molecular complexity index is 1320. The van der Waals surface area contributed by atoms with Gasteiger partial charge in [0.2, 0.25) is 5.91 Å². The SMILES string of the molecule is CN(Cc1ccccc1N1CCOCC1)C(=O)CN1C(=O)N[C@](C)(c2ccc3ccccc3c2)C1=O. The van der Waals surface area contributed by atoms with Crippen LogP contribution in [0, 0.1) is 0 Å². The minimum atomic E-state index is -1.23. The highest BCUT2D eigenvalue weighted by molar-refractivity contribution is 6.09. The van der Waals surface area contributed by atoms with E-state index in [1.165, 1.54) is 0 Å². The third-order valence-electron chi connectivity index (χ3n) is 7.07. The van der Waals surface area contributed by atoms with Gasteiger partial charge >= 0.3 is 6.03 Å². The second-order valence-electron chi connectivity index (χ2n) is 9.49. The smallest absolute Gasteiger partial charge is 0.325 e. The van der Waals surface area contributed by atoms with Crippen molar-refractivity contribution in [3.05, 3.63) is 77.9 Å². The van der Waals surface area contributed by atoms with E-state index in [0.29, 0.717) is 25.3 Å². The maximum atomic E-state index is 13.4. The molecule has 2 aliphatic rings. The second kappa shape index (κ2) is 9.62. The average Bonchev–Trinajstić information content (AvgIpc) is 3.12. The summed E-state index contributed by atoms with van der Waals surface area (Å²) in [7, 11) is 1.69. The molecule has 8 heteroatoms. The average molecular weight is 487 g/mol. The van der Waals surface area contributed by atoms with Crippen LogP contribution in [-0.4, -0.2) is 67.5 Å². The van der Waals surface area contributed by atoms with Gasteiger partial charge in [0, 0.05) is 32.4 Å². The van der Waals surface area contributed by atoms with E-state index in [4.69, 9.17) is 4.74 Å². The van der Waals surface area contributed by atoms with Gasteiger partial charge in [0.05, 0.1) is 13.2 Å². The summed E-state index contributed by atoms with van der Waals surface area (Å²) in [6, 6.07) is 21.0. The molecule has 36 heavy (non-hydrogen) atoms. The van der Waals surface area contributed by atoms with Gasteiger partial charge in [-0.2, -0.15) is 0 Å². The number of rotatable bonds is 6. The van der Waals surface area contributed by atoms with Gasteiger partial charge in [-0.1, -0.05) is 54.6 Å². The third kappa shape index (κ3) is 4.40. The first kappa shape index (κ1) is 23.8. The van der Waals surface area contributed by atoms with Crippen molar-refractivity contribution in [2.75, 3.05) is 44.8 Å². The lowest BCUT2D eigenvalue weighted by Gasteiger charge is -2.31. The van der Waals surface area contributed by atoms with Crippen LogP contribution in [-0.2, 0) is 26.4 Å². The van der Waals surface area contributed by atoms with E-state index >= 15 is 0 Å². The fourth-order valence-electron chi connectivity index (χ4n) is 4.89. The van der Waals surface area contributed by atoms with Crippen LogP contribution in [0.4, 0.5) is 10.5 Å². The molecular formula is C28H30N4O4. The molecule has 2 aliphatic heterocycles. The molecule has 0 radical (unpaired) electrons. The maximum Gasteiger partial charge on any atom is 0.325 e. The zero-order valence-electron chi connectivity index (χ0n) is 20.6. The Hall–Kier alpha value is -3.91. The molecule has 3 aromatic rings. The lowest BCUT2D eigenvalue weighted by molar-refractivity contribution is -0.138. The number of para-hydroxylation sites is 1. The van der Waals surface area contributed by atoms with Crippen LogP contribution in [0.2, 0.25) is 0 Å². The summed E-state index contributed by atoms with van der Waals surface area (Å²) < 4.78 is 5.46. The van der Waals surface area contributed by atoms with E-state index in [0.717, 1.165) is 40.0 Å². The van der Waals surface area contributed by atoms with E-state index in [9.17, 15) is 14.4 Å². The number of ether oxygens (including phenoxy) is 1. The van der Waals surface area contributed by atoms with Crippen LogP contribution in [0.1, 0.15) is 18.1 Å². The molecular weight excluding hydrogens is 456 g/mol. The van der Waals surface area contributed by atoms with Gasteiger partial charge in [-0.15, -0.1) is 0 Å². The summed E-state index contributed by atoms with van der Waals surface area (Å²) in [6.45, 7) is 4.68. The number of carbonyl (C=O) groups excluding carboxylic acids is 3. The second-order valence-corrected chi connectivity index (χ2v) is 9.49. The number of hydrogen-bond donors (Lipinski definition) is 1. The van der Waals surface area contributed by atoms with Crippen molar-refractivity contribution in [3.63, 3.8) is 0 Å². The minimum absolute atomic E-state index is 0.307. The number of urea groups is 1. The largest absolute Gasteiger partial charge is 0.378 e. The first-order valence-electron chi connectivity index (χ1n) is 12.1. The molecule has 3 aromatic carbocycles. The zero-order chi connectivity index (χ0) is 25.3. The number of likely N-dealkylation sites (N-methyl/N-ethyl adjacent to an activating group) is 1. The fourth-order valence-corrected chi connectivity index (χ4v) is 4.89. The molecule has 0 aliphatic carbocycles. The molecule has 0 spiro atoms. The van der Waals surface area contributed by atoms with Crippen LogP contribution in [0.25, 0.3) is 10.8 Å². The molecule has 2 saturated heterocycles. The summed E-state index contributed by atoms with van der Waals surface area (Å²) in [5, 5.41) is 4.83. The molecule has 5 rings (SSSR count). The number of benzene rings is 3. The molecule has 2 heterocycles. The Morgan fingerprint density at radius 1 is 1.00 bits per heavy atom. The summed E-state index contributed by atoms with van der Waals surface area (Å²) in [5.41, 5.74) is 1.53. The first-order chi connectivity index (χ1) is 17.4. The van der Waals surface area contributed by atoms with Crippen molar-refractivity contribution in [1.82, 2.24) is 15.1 Å². The lowest BCUT2D eigenvalue weighted by atomic mass is 9.90. The van der Waals surface area contributed by atoms with Crippen LogP contribution in [0.5, 0.6) is 0 Å². The molecule has 8 nitrogen and oxygen atoms in total. The number of carbonyl (C=O) groups is 3. The fraction of sp³-hybridized carbons (Fsp3) is 0.321. The molecule has 0 aromatic heterocycles. The molecule has 186 valence electrons.